The third kappa shape index (κ3) is 4.99. The Balaban J connectivity index is 0.000000196. The summed E-state index contributed by atoms with van der Waals surface area (Å²) in [5.74, 6) is 0.536. The number of nitrogens with zero attached hydrogens (tertiary/aromatic N) is 2. The number of nitrogens with one attached hydrogen (secondary N) is 2. The maximum Gasteiger partial charge on any atom is 0.143 e. The van der Waals surface area contributed by atoms with Gasteiger partial charge in [0.05, 0.1) is 12.0 Å². The molecule has 2 aromatic heterocycles. The van der Waals surface area contributed by atoms with Crippen molar-refractivity contribution in [1.29, 1.82) is 0 Å². The number of fused-ring (bicyclic) bond motifs is 1. The average molecular weight is 293 g/mol. The van der Waals surface area contributed by atoms with Gasteiger partial charge in [0.1, 0.15) is 17.8 Å². The van der Waals surface area contributed by atoms with E-state index < -0.39 is 0 Å². The molecule has 1 aliphatic rings. The first-order chi connectivity index (χ1) is 10.2. The second-order valence-electron chi connectivity index (χ2n) is 4.70. The molecule has 6 heteroatoms. The number of anilines is 1. The van der Waals surface area contributed by atoms with E-state index in [2.05, 4.69) is 20.3 Å². The molecule has 3 heterocycles. The molecule has 0 amide bonds. The number of aromatic amines is 1. The maximum absolute atomic E-state index is 5.63. The summed E-state index contributed by atoms with van der Waals surface area (Å²) in [5, 5.41) is 4.26. The lowest BCUT2D eigenvalue weighted by Gasteiger charge is -2.05. The number of nitrogens with two attached hydrogens (primary N) is 1. The summed E-state index contributed by atoms with van der Waals surface area (Å²) in [4.78, 5) is 10.9. The Morgan fingerprint density at radius 1 is 1.38 bits per heavy atom. The summed E-state index contributed by atoms with van der Waals surface area (Å²) in [7, 11) is 1.75. The van der Waals surface area contributed by atoms with Crippen LogP contribution < -0.4 is 11.1 Å². The molecule has 6 nitrogen and oxygen atoms in total. The number of nitrogen functional groups attached to an aromatic ring is 1. The fraction of sp³-hybridized carbons (Fsp3) is 0.600. The summed E-state index contributed by atoms with van der Waals surface area (Å²) in [6.45, 7) is 8.02. The van der Waals surface area contributed by atoms with Gasteiger partial charge in [0, 0.05) is 19.3 Å². The SMILES string of the molecule is CC.COCC1CCCN1.Cc1c[nH]c2ncnc(N)c12. The van der Waals surface area contributed by atoms with E-state index in [0.717, 1.165) is 23.2 Å². The summed E-state index contributed by atoms with van der Waals surface area (Å²) in [6.07, 6.45) is 5.92. The van der Waals surface area contributed by atoms with Crippen LogP contribution in [0.15, 0.2) is 12.5 Å². The number of rotatable bonds is 2. The summed E-state index contributed by atoms with van der Waals surface area (Å²) >= 11 is 0. The highest BCUT2D eigenvalue weighted by Crippen LogP contribution is 2.18. The Bertz CT molecular complexity index is 520. The van der Waals surface area contributed by atoms with E-state index in [9.17, 15) is 0 Å². The normalized spacial score (nSPS) is 16.9. The van der Waals surface area contributed by atoms with Gasteiger partial charge in [0.2, 0.25) is 0 Å². The Morgan fingerprint density at radius 2 is 2.14 bits per heavy atom. The first-order valence-electron chi connectivity index (χ1n) is 7.49. The van der Waals surface area contributed by atoms with Crippen LogP contribution in [0.3, 0.4) is 0 Å². The molecule has 0 aromatic carbocycles. The van der Waals surface area contributed by atoms with Gasteiger partial charge < -0.3 is 20.8 Å². The Kier molecular flexibility index (Phi) is 7.71. The van der Waals surface area contributed by atoms with E-state index >= 15 is 0 Å². The zero-order valence-corrected chi connectivity index (χ0v) is 13.4. The van der Waals surface area contributed by atoms with Crippen LogP contribution in [-0.4, -0.2) is 41.3 Å². The van der Waals surface area contributed by atoms with E-state index in [0.29, 0.717) is 11.9 Å². The minimum atomic E-state index is 0.536. The van der Waals surface area contributed by atoms with Gasteiger partial charge in [-0.15, -0.1) is 0 Å². The van der Waals surface area contributed by atoms with Crippen LogP contribution in [0.2, 0.25) is 0 Å². The first kappa shape index (κ1) is 17.4. The molecule has 1 atom stereocenters. The third-order valence-corrected chi connectivity index (χ3v) is 3.23. The minimum Gasteiger partial charge on any atom is -0.383 e. The highest BCUT2D eigenvalue weighted by Gasteiger charge is 2.12. The van der Waals surface area contributed by atoms with Crippen LogP contribution in [0.5, 0.6) is 0 Å². The van der Waals surface area contributed by atoms with Gasteiger partial charge in [-0.25, -0.2) is 9.97 Å². The molecule has 2 aromatic rings. The third-order valence-electron chi connectivity index (χ3n) is 3.23. The van der Waals surface area contributed by atoms with Gasteiger partial charge in [0.15, 0.2) is 0 Å². The number of ether oxygens (including phenoxy) is 1. The molecular weight excluding hydrogens is 266 g/mol. The van der Waals surface area contributed by atoms with E-state index in [4.69, 9.17) is 10.5 Å². The van der Waals surface area contributed by atoms with Crippen LogP contribution in [0.25, 0.3) is 11.0 Å². The van der Waals surface area contributed by atoms with Crippen molar-refractivity contribution in [2.75, 3.05) is 26.0 Å². The molecular formula is C15H27N5O. The second-order valence-corrected chi connectivity index (χ2v) is 4.70. The van der Waals surface area contributed by atoms with Crippen molar-refractivity contribution in [3.05, 3.63) is 18.1 Å². The number of hydrogen-bond donors (Lipinski definition) is 3. The lowest BCUT2D eigenvalue weighted by Crippen LogP contribution is -2.25. The van der Waals surface area contributed by atoms with Crippen molar-refractivity contribution >= 4 is 16.9 Å². The quantitative estimate of drug-likeness (QED) is 0.790. The Hall–Kier alpha value is -1.66. The predicted octanol–water partition coefficient (Wildman–Crippen LogP) is 2.26. The van der Waals surface area contributed by atoms with E-state index in [1.807, 2.05) is 27.0 Å². The number of H-pyrrole nitrogens is 1. The second kappa shape index (κ2) is 9.31. The number of aryl methyl sites for hydroxylation is 1. The zero-order chi connectivity index (χ0) is 15.7. The van der Waals surface area contributed by atoms with Crippen LogP contribution in [-0.2, 0) is 4.74 Å². The lowest BCUT2D eigenvalue weighted by atomic mass is 10.2. The lowest BCUT2D eigenvalue weighted by molar-refractivity contribution is 0.173. The highest BCUT2D eigenvalue weighted by molar-refractivity contribution is 5.88. The zero-order valence-electron chi connectivity index (χ0n) is 13.4. The molecule has 1 fully saturated rings. The molecule has 0 radical (unpaired) electrons. The van der Waals surface area contributed by atoms with Crippen LogP contribution in [0.4, 0.5) is 5.82 Å². The van der Waals surface area contributed by atoms with Crippen molar-refractivity contribution in [1.82, 2.24) is 20.3 Å². The van der Waals surface area contributed by atoms with Crippen molar-refractivity contribution in [2.24, 2.45) is 0 Å². The molecule has 1 unspecified atom stereocenters. The van der Waals surface area contributed by atoms with Gasteiger partial charge in [0.25, 0.3) is 0 Å². The average Bonchev–Trinajstić information content (AvgIpc) is 3.13. The molecule has 0 saturated carbocycles. The molecule has 4 N–H and O–H groups in total. The van der Waals surface area contributed by atoms with Crippen molar-refractivity contribution in [3.63, 3.8) is 0 Å². The minimum absolute atomic E-state index is 0.536. The topological polar surface area (TPSA) is 88.8 Å². The Labute approximate surface area is 126 Å². The number of aromatic nitrogens is 3. The fourth-order valence-electron chi connectivity index (χ4n) is 2.25. The molecule has 21 heavy (non-hydrogen) atoms. The standard InChI is InChI=1S/C7H8N4.C6H13NO.C2H6/c1-4-2-9-7-5(4)6(8)10-3-11-7;1-8-5-6-3-2-4-7-6;1-2/h2-3H,1H3,(H3,8,9,10,11);6-7H,2-5H2,1H3;1-2H3. The number of hydrogen-bond acceptors (Lipinski definition) is 5. The summed E-state index contributed by atoms with van der Waals surface area (Å²) in [6, 6.07) is 0.639. The Morgan fingerprint density at radius 3 is 2.71 bits per heavy atom. The molecule has 118 valence electrons. The summed E-state index contributed by atoms with van der Waals surface area (Å²) < 4.78 is 4.96. The largest absolute Gasteiger partial charge is 0.383 e. The predicted molar refractivity (Wildman–Crippen MR) is 87.3 cm³/mol. The molecule has 3 rings (SSSR count). The first-order valence-corrected chi connectivity index (χ1v) is 7.49. The van der Waals surface area contributed by atoms with E-state index in [1.165, 1.54) is 25.7 Å². The van der Waals surface area contributed by atoms with Crippen LogP contribution >= 0.6 is 0 Å². The maximum atomic E-state index is 5.63. The molecule has 0 aliphatic carbocycles. The fourth-order valence-corrected chi connectivity index (χ4v) is 2.25. The van der Waals surface area contributed by atoms with Gasteiger partial charge >= 0.3 is 0 Å². The summed E-state index contributed by atoms with van der Waals surface area (Å²) in [5.41, 5.74) is 7.51. The molecule has 0 bridgehead atoms. The van der Waals surface area contributed by atoms with Crippen LogP contribution in [0, 0.1) is 6.92 Å². The van der Waals surface area contributed by atoms with Crippen molar-refractivity contribution < 1.29 is 4.74 Å². The van der Waals surface area contributed by atoms with Crippen LogP contribution in [0.1, 0.15) is 32.3 Å². The van der Waals surface area contributed by atoms with Crippen molar-refractivity contribution in [2.45, 2.75) is 39.7 Å². The van der Waals surface area contributed by atoms with Crippen molar-refractivity contribution in [3.8, 4) is 0 Å². The van der Waals surface area contributed by atoms with Gasteiger partial charge in [-0.2, -0.15) is 0 Å². The van der Waals surface area contributed by atoms with E-state index in [-0.39, 0.29) is 0 Å². The van der Waals surface area contributed by atoms with Gasteiger partial charge in [-0.1, -0.05) is 13.8 Å². The number of methoxy groups -OCH3 is 1. The van der Waals surface area contributed by atoms with E-state index in [1.54, 1.807) is 7.11 Å². The highest BCUT2D eigenvalue weighted by atomic mass is 16.5. The van der Waals surface area contributed by atoms with Gasteiger partial charge in [-0.3, -0.25) is 0 Å². The van der Waals surface area contributed by atoms with Gasteiger partial charge in [-0.05, 0) is 31.9 Å². The molecule has 1 saturated heterocycles. The smallest absolute Gasteiger partial charge is 0.143 e. The monoisotopic (exact) mass is 293 g/mol. The molecule has 0 spiro atoms. The molecule has 1 aliphatic heterocycles.